The summed E-state index contributed by atoms with van der Waals surface area (Å²) < 4.78 is 0. The molecule has 16 heavy (non-hydrogen) atoms. The number of carbonyl (C=O) groups excluding carboxylic acids is 1. The Labute approximate surface area is 94.3 Å². The molecule has 3 N–H and O–H groups in total. The van der Waals surface area contributed by atoms with Crippen LogP contribution in [-0.2, 0) is 9.63 Å². The first-order chi connectivity index (χ1) is 7.58. The van der Waals surface area contributed by atoms with Gasteiger partial charge >= 0.3 is 12.0 Å². The van der Waals surface area contributed by atoms with E-state index in [0.717, 1.165) is 18.8 Å². The molecule has 2 unspecified atom stereocenters. The lowest BCUT2D eigenvalue weighted by Crippen LogP contribution is -2.38. The van der Waals surface area contributed by atoms with Crippen LogP contribution in [0.3, 0.4) is 0 Å². The van der Waals surface area contributed by atoms with E-state index in [2.05, 4.69) is 17.1 Å². The van der Waals surface area contributed by atoms with Gasteiger partial charge in [0, 0.05) is 6.54 Å². The molecule has 0 aliphatic heterocycles. The van der Waals surface area contributed by atoms with E-state index in [-0.39, 0.29) is 0 Å². The summed E-state index contributed by atoms with van der Waals surface area (Å²) in [5, 5.41) is 10.9. The van der Waals surface area contributed by atoms with Gasteiger partial charge in [-0.05, 0) is 24.7 Å². The number of carboxylic acids is 1. The summed E-state index contributed by atoms with van der Waals surface area (Å²) in [6, 6.07) is -0.485. The van der Waals surface area contributed by atoms with E-state index in [1.807, 2.05) is 5.48 Å². The van der Waals surface area contributed by atoms with Gasteiger partial charge in [0.15, 0.2) is 6.61 Å². The van der Waals surface area contributed by atoms with E-state index in [1.165, 1.54) is 6.42 Å². The summed E-state index contributed by atoms with van der Waals surface area (Å²) in [5.41, 5.74) is 2.02. The molecular formula is C10H18N2O4. The Morgan fingerprint density at radius 1 is 1.44 bits per heavy atom. The molecule has 2 amide bonds. The first-order valence-electron chi connectivity index (χ1n) is 5.45. The predicted molar refractivity (Wildman–Crippen MR) is 56.6 cm³/mol. The van der Waals surface area contributed by atoms with Gasteiger partial charge in [0.05, 0.1) is 0 Å². The number of hydrogen-bond acceptors (Lipinski definition) is 3. The Kier molecular flexibility index (Phi) is 5.04. The van der Waals surface area contributed by atoms with Crippen molar-refractivity contribution in [2.75, 3.05) is 13.2 Å². The molecule has 0 radical (unpaired) electrons. The lowest BCUT2D eigenvalue weighted by atomic mass is 10.1. The highest BCUT2D eigenvalue weighted by Crippen LogP contribution is 2.29. The number of amides is 2. The zero-order chi connectivity index (χ0) is 12.0. The van der Waals surface area contributed by atoms with Gasteiger partial charge in [-0.3, -0.25) is 4.84 Å². The van der Waals surface area contributed by atoms with Crippen LogP contribution in [0, 0.1) is 11.8 Å². The van der Waals surface area contributed by atoms with E-state index in [1.54, 1.807) is 0 Å². The smallest absolute Gasteiger partial charge is 0.338 e. The Hall–Kier alpha value is -1.30. The number of hydrogen-bond donors (Lipinski definition) is 3. The average molecular weight is 230 g/mol. The monoisotopic (exact) mass is 230 g/mol. The van der Waals surface area contributed by atoms with Crippen molar-refractivity contribution in [2.45, 2.75) is 26.2 Å². The Bertz CT molecular complexity index is 257. The summed E-state index contributed by atoms with van der Waals surface area (Å²) >= 11 is 0. The average Bonchev–Trinajstić information content (AvgIpc) is 2.61. The van der Waals surface area contributed by atoms with Gasteiger partial charge in [-0.15, -0.1) is 0 Å². The molecule has 92 valence electrons. The minimum absolute atomic E-state index is 0.485. The van der Waals surface area contributed by atoms with Gasteiger partial charge in [0.1, 0.15) is 0 Å². The molecule has 0 bridgehead atoms. The SMILES string of the molecule is CC1CCC(CNC(=O)NOCC(=O)O)C1. The van der Waals surface area contributed by atoms with Gasteiger partial charge in [-0.1, -0.05) is 13.3 Å². The van der Waals surface area contributed by atoms with Crippen LogP contribution in [0.5, 0.6) is 0 Å². The predicted octanol–water partition coefficient (Wildman–Crippen LogP) is 0.738. The Balaban J connectivity index is 2.04. The topological polar surface area (TPSA) is 87.7 Å². The number of carboxylic acid groups (broad SMARTS) is 1. The molecule has 1 aliphatic carbocycles. The Morgan fingerprint density at radius 2 is 2.19 bits per heavy atom. The summed E-state index contributed by atoms with van der Waals surface area (Å²) in [4.78, 5) is 25.6. The molecule has 0 aromatic heterocycles. The molecular weight excluding hydrogens is 212 g/mol. The van der Waals surface area contributed by atoms with Crippen molar-refractivity contribution < 1.29 is 19.5 Å². The van der Waals surface area contributed by atoms with Crippen LogP contribution in [0.1, 0.15) is 26.2 Å². The molecule has 6 nitrogen and oxygen atoms in total. The maximum absolute atomic E-state index is 11.1. The van der Waals surface area contributed by atoms with Crippen LogP contribution in [0.4, 0.5) is 4.79 Å². The number of carbonyl (C=O) groups is 2. The van der Waals surface area contributed by atoms with Crippen LogP contribution in [0.15, 0.2) is 0 Å². The molecule has 1 saturated carbocycles. The summed E-state index contributed by atoms with van der Waals surface area (Å²) in [5.74, 6) is 0.142. The summed E-state index contributed by atoms with van der Waals surface area (Å²) in [6.45, 7) is 2.29. The summed E-state index contributed by atoms with van der Waals surface area (Å²) in [7, 11) is 0. The number of aliphatic carboxylic acids is 1. The maximum Gasteiger partial charge on any atom is 0.338 e. The molecule has 2 atom stereocenters. The van der Waals surface area contributed by atoms with E-state index >= 15 is 0 Å². The van der Waals surface area contributed by atoms with E-state index < -0.39 is 18.6 Å². The van der Waals surface area contributed by atoms with Crippen molar-refractivity contribution >= 4 is 12.0 Å². The van der Waals surface area contributed by atoms with Gasteiger partial charge in [0.2, 0.25) is 0 Å². The fraction of sp³-hybridized carbons (Fsp3) is 0.800. The third kappa shape index (κ3) is 4.97. The third-order valence-electron chi connectivity index (χ3n) is 2.72. The lowest BCUT2D eigenvalue weighted by Gasteiger charge is -2.11. The summed E-state index contributed by atoms with van der Waals surface area (Å²) in [6.07, 6.45) is 3.48. The zero-order valence-electron chi connectivity index (χ0n) is 9.36. The molecule has 1 aliphatic rings. The normalized spacial score (nSPS) is 24.1. The molecule has 0 aromatic carbocycles. The highest BCUT2D eigenvalue weighted by Gasteiger charge is 2.21. The number of nitrogens with one attached hydrogen (secondary N) is 2. The molecule has 0 saturated heterocycles. The van der Waals surface area contributed by atoms with Gasteiger partial charge in [-0.25, -0.2) is 15.1 Å². The first-order valence-corrected chi connectivity index (χ1v) is 5.45. The van der Waals surface area contributed by atoms with Crippen LogP contribution in [0.2, 0.25) is 0 Å². The van der Waals surface area contributed by atoms with Crippen molar-refractivity contribution in [1.29, 1.82) is 0 Å². The van der Waals surface area contributed by atoms with Gasteiger partial charge in [0.25, 0.3) is 0 Å². The molecule has 6 heteroatoms. The number of rotatable bonds is 5. The third-order valence-corrected chi connectivity index (χ3v) is 2.72. The molecule has 1 rings (SSSR count). The fourth-order valence-electron chi connectivity index (χ4n) is 1.95. The molecule has 0 heterocycles. The maximum atomic E-state index is 11.1. The van der Waals surface area contributed by atoms with Crippen molar-refractivity contribution in [3.05, 3.63) is 0 Å². The van der Waals surface area contributed by atoms with E-state index in [4.69, 9.17) is 5.11 Å². The first kappa shape index (κ1) is 12.8. The largest absolute Gasteiger partial charge is 0.479 e. The lowest BCUT2D eigenvalue weighted by molar-refractivity contribution is -0.144. The van der Waals surface area contributed by atoms with Crippen molar-refractivity contribution in [2.24, 2.45) is 11.8 Å². The van der Waals surface area contributed by atoms with Crippen LogP contribution < -0.4 is 10.8 Å². The second kappa shape index (κ2) is 6.32. The Morgan fingerprint density at radius 3 is 2.75 bits per heavy atom. The van der Waals surface area contributed by atoms with Crippen LogP contribution in [0.25, 0.3) is 0 Å². The molecule has 0 spiro atoms. The quantitative estimate of drug-likeness (QED) is 0.608. The van der Waals surface area contributed by atoms with Crippen LogP contribution >= 0.6 is 0 Å². The van der Waals surface area contributed by atoms with Crippen molar-refractivity contribution in [1.82, 2.24) is 10.8 Å². The van der Waals surface area contributed by atoms with E-state index in [0.29, 0.717) is 12.5 Å². The minimum Gasteiger partial charge on any atom is -0.479 e. The highest BCUT2D eigenvalue weighted by atomic mass is 16.7. The van der Waals surface area contributed by atoms with Gasteiger partial charge in [-0.2, -0.15) is 0 Å². The molecule has 0 aromatic rings. The second-order valence-corrected chi connectivity index (χ2v) is 4.28. The zero-order valence-corrected chi connectivity index (χ0v) is 9.36. The van der Waals surface area contributed by atoms with Crippen molar-refractivity contribution in [3.63, 3.8) is 0 Å². The van der Waals surface area contributed by atoms with Crippen molar-refractivity contribution in [3.8, 4) is 0 Å². The highest BCUT2D eigenvalue weighted by molar-refractivity contribution is 5.73. The fourth-order valence-corrected chi connectivity index (χ4v) is 1.95. The number of hydroxylamine groups is 1. The molecule has 1 fully saturated rings. The van der Waals surface area contributed by atoms with Crippen LogP contribution in [-0.4, -0.2) is 30.3 Å². The second-order valence-electron chi connectivity index (χ2n) is 4.28. The van der Waals surface area contributed by atoms with Gasteiger partial charge < -0.3 is 10.4 Å². The standard InChI is InChI=1S/C10H18N2O4/c1-7-2-3-8(4-7)5-11-10(15)12-16-6-9(13)14/h7-8H,2-6H2,1H3,(H,13,14)(H2,11,12,15). The number of urea groups is 1. The van der Waals surface area contributed by atoms with E-state index in [9.17, 15) is 9.59 Å². The minimum atomic E-state index is -1.12.